The van der Waals surface area contributed by atoms with Crippen molar-refractivity contribution in [1.29, 1.82) is 0 Å². The fourth-order valence-corrected chi connectivity index (χ4v) is 3.77. The van der Waals surface area contributed by atoms with E-state index in [0.717, 1.165) is 16.9 Å². The Labute approximate surface area is 213 Å². The summed E-state index contributed by atoms with van der Waals surface area (Å²) in [6.07, 6.45) is 1.52. The summed E-state index contributed by atoms with van der Waals surface area (Å²) in [5, 5.41) is 7.97. The van der Waals surface area contributed by atoms with Crippen molar-refractivity contribution in [3.63, 3.8) is 0 Å². The van der Waals surface area contributed by atoms with Crippen LogP contribution >= 0.6 is 23.2 Å². The molecule has 0 spiro atoms. The number of rotatable bonds is 10. The van der Waals surface area contributed by atoms with Gasteiger partial charge in [-0.2, -0.15) is 4.98 Å². The van der Waals surface area contributed by atoms with Crippen molar-refractivity contribution in [2.75, 3.05) is 19.0 Å². The van der Waals surface area contributed by atoms with Crippen LogP contribution in [0.15, 0.2) is 71.3 Å². The topological polar surface area (TPSA) is 86.5 Å². The van der Waals surface area contributed by atoms with Crippen molar-refractivity contribution in [1.82, 2.24) is 10.1 Å². The van der Waals surface area contributed by atoms with Crippen molar-refractivity contribution >= 4 is 34.8 Å². The Morgan fingerprint density at radius 1 is 1.03 bits per heavy atom. The van der Waals surface area contributed by atoms with E-state index in [2.05, 4.69) is 15.5 Å². The summed E-state index contributed by atoms with van der Waals surface area (Å²) in [7, 11) is 1.61. The number of aromatic nitrogens is 2. The van der Waals surface area contributed by atoms with Crippen LogP contribution in [0.25, 0.3) is 11.4 Å². The van der Waals surface area contributed by atoms with E-state index < -0.39 is 0 Å². The fourth-order valence-electron chi connectivity index (χ4n) is 3.31. The lowest BCUT2D eigenvalue weighted by atomic mass is 10.1. The summed E-state index contributed by atoms with van der Waals surface area (Å²) in [4.78, 5) is 16.8. The largest absolute Gasteiger partial charge is 0.497 e. The molecule has 4 rings (SSSR count). The number of hydrogen-bond acceptors (Lipinski definition) is 6. The SMILES string of the molecule is COc1ccc(CC(=O)Nc2ccc(-c3noc(CCCOc4ccc(Cl)cc4Cl)n3)cc2)cc1. The number of carbonyl (C=O) groups excluding carboxylic acids is 1. The molecule has 1 heterocycles. The van der Waals surface area contributed by atoms with E-state index in [1.165, 1.54) is 0 Å². The third kappa shape index (κ3) is 6.97. The zero-order valence-corrected chi connectivity index (χ0v) is 20.5. The summed E-state index contributed by atoms with van der Waals surface area (Å²) in [6, 6.07) is 19.8. The number of hydrogen-bond donors (Lipinski definition) is 1. The lowest BCUT2D eigenvalue weighted by molar-refractivity contribution is -0.115. The molecule has 0 aliphatic heterocycles. The second kappa shape index (κ2) is 11.7. The minimum Gasteiger partial charge on any atom is -0.497 e. The number of nitrogens with zero attached hydrogens (tertiary/aromatic N) is 2. The molecule has 9 heteroatoms. The molecule has 4 aromatic rings. The second-order valence-corrected chi connectivity index (χ2v) is 8.53. The van der Waals surface area contributed by atoms with Gasteiger partial charge in [-0.15, -0.1) is 0 Å². The lowest BCUT2D eigenvalue weighted by Gasteiger charge is -2.07. The summed E-state index contributed by atoms with van der Waals surface area (Å²) in [5.41, 5.74) is 2.38. The maximum Gasteiger partial charge on any atom is 0.228 e. The normalized spacial score (nSPS) is 10.7. The summed E-state index contributed by atoms with van der Waals surface area (Å²) in [6.45, 7) is 0.448. The van der Waals surface area contributed by atoms with Gasteiger partial charge >= 0.3 is 0 Å². The highest BCUT2D eigenvalue weighted by Gasteiger charge is 2.10. The third-order valence-electron chi connectivity index (χ3n) is 5.11. The van der Waals surface area contributed by atoms with Crippen LogP contribution in [0, 0.1) is 0 Å². The van der Waals surface area contributed by atoms with Gasteiger partial charge in [-0.1, -0.05) is 40.5 Å². The van der Waals surface area contributed by atoms with E-state index in [1.54, 1.807) is 37.4 Å². The zero-order valence-electron chi connectivity index (χ0n) is 19.0. The average molecular weight is 512 g/mol. The maximum absolute atomic E-state index is 12.3. The highest BCUT2D eigenvalue weighted by molar-refractivity contribution is 6.35. The van der Waals surface area contributed by atoms with E-state index in [0.29, 0.717) is 52.6 Å². The Bertz CT molecular complexity index is 1270. The molecule has 7 nitrogen and oxygen atoms in total. The van der Waals surface area contributed by atoms with Crippen molar-refractivity contribution < 1.29 is 18.8 Å². The monoisotopic (exact) mass is 511 g/mol. The third-order valence-corrected chi connectivity index (χ3v) is 5.64. The van der Waals surface area contributed by atoms with Gasteiger partial charge in [0.05, 0.1) is 25.2 Å². The van der Waals surface area contributed by atoms with Crippen LogP contribution in [0.4, 0.5) is 5.69 Å². The molecule has 3 aromatic carbocycles. The number of benzene rings is 3. The summed E-state index contributed by atoms with van der Waals surface area (Å²) < 4.78 is 16.2. The molecule has 180 valence electrons. The Balaban J connectivity index is 1.25. The smallest absolute Gasteiger partial charge is 0.228 e. The van der Waals surface area contributed by atoms with Crippen molar-refractivity contribution in [2.24, 2.45) is 0 Å². The van der Waals surface area contributed by atoms with Gasteiger partial charge < -0.3 is 19.3 Å². The first-order valence-electron chi connectivity index (χ1n) is 10.9. The van der Waals surface area contributed by atoms with Crippen LogP contribution in [0.1, 0.15) is 17.9 Å². The highest BCUT2D eigenvalue weighted by Crippen LogP contribution is 2.27. The van der Waals surface area contributed by atoms with Gasteiger partial charge in [0.15, 0.2) is 0 Å². The van der Waals surface area contributed by atoms with E-state index >= 15 is 0 Å². The number of methoxy groups -OCH3 is 1. The predicted molar refractivity (Wildman–Crippen MR) is 135 cm³/mol. The number of halogens is 2. The Morgan fingerprint density at radius 3 is 2.51 bits per heavy atom. The van der Waals surface area contributed by atoms with E-state index in [4.69, 9.17) is 37.2 Å². The van der Waals surface area contributed by atoms with Crippen molar-refractivity contribution in [3.05, 3.63) is 88.2 Å². The molecule has 35 heavy (non-hydrogen) atoms. The molecule has 0 atom stereocenters. The van der Waals surface area contributed by atoms with Gasteiger partial charge in [0.2, 0.25) is 17.6 Å². The Hall–Kier alpha value is -3.55. The summed E-state index contributed by atoms with van der Waals surface area (Å²) >= 11 is 12.0. The molecule has 0 radical (unpaired) electrons. The maximum atomic E-state index is 12.3. The van der Waals surface area contributed by atoms with Gasteiger partial charge in [-0.05, 0) is 66.6 Å². The minimum atomic E-state index is -0.105. The molecule has 1 amide bonds. The lowest BCUT2D eigenvalue weighted by Crippen LogP contribution is -2.14. The number of aryl methyl sites for hydroxylation is 1. The van der Waals surface area contributed by atoms with Crippen molar-refractivity contribution in [2.45, 2.75) is 19.3 Å². The fraction of sp³-hybridized carbons (Fsp3) is 0.192. The number of carbonyl (C=O) groups is 1. The van der Waals surface area contributed by atoms with Crippen LogP contribution in [-0.4, -0.2) is 29.8 Å². The van der Waals surface area contributed by atoms with Crippen molar-refractivity contribution in [3.8, 4) is 22.9 Å². The number of anilines is 1. The van der Waals surface area contributed by atoms with Gasteiger partial charge in [0.25, 0.3) is 0 Å². The summed E-state index contributed by atoms with van der Waals surface area (Å²) in [5.74, 6) is 2.23. The van der Waals surface area contributed by atoms with E-state index in [-0.39, 0.29) is 12.3 Å². The number of amides is 1. The molecule has 1 N–H and O–H groups in total. The number of nitrogens with one attached hydrogen (secondary N) is 1. The zero-order chi connectivity index (χ0) is 24.6. The molecule has 1 aromatic heterocycles. The van der Waals surface area contributed by atoms with Crippen LogP contribution < -0.4 is 14.8 Å². The van der Waals surface area contributed by atoms with Crippen LogP contribution in [0.3, 0.4) is 0 Å². The van der Waals surface area contributed by atoms with Gasteiger partial charge in [0, 0.05) is 22.7 Å². The first-order valence-corrected chi connectivity index (χ1v) is 11.7. The molecule has 0 unspecified atom stereocenters. The van der Waals surface area contributed by atoms with Crippen LogP contribution in [0.5, 0.6) is 11.5 Å². The Morgan fingerprint density at radius 2 is 1.80 bits per heavy atom. The predicted octanol–water partition coefficient (Wildman–Crippen LogP) is 6.24. The van der Waals surface area contributed by atoms with Gasteiger partial charge in [-0.3, -0.25) is 4.79 Å². The van der Waals surface area contributed by atoms with E-state index in [1.807, 2.05) is 36.4 Å². The standard InChI is InChI=1S/C26H23Cl2N3O4/c1-33-21-11-4-17(5-12-21)15-24(32)29-20-9-6-18(7-10-20)26-30-25(35-31-26)3-2-14-34-23-13-8-19(27)16-22(23)28/h4-13,16H,2-3,14-15H2,1H3,(H,29,32). The quantitative estimate of drug-likeness (QED) is 0.253. The molecular weight excluding hydrogens is 489 g/mol. The van der Waals surface area contributed by atoms with Crippen LogP contribution in [-0.2, 0) is 17.6 Å². The molecule has 0 bridgehead atoms. The number of ether oxygens (including phenoxy) is 2. The van der Waals surface area contributed by atoms with Gasteiger partial charge in [0.1, 0.15) is 11.5 Å². The van der Waals surface area contributed by atoms with Gasteiger partial charge in [-0.25, -0.2) is 0 Å². The molecule has 0 fully saturated rings. The molecule has 0 saturated heterocycles. The second-order valence-electron chi connectivity index (χ2n) is 7.69. The van der Waals surface area contributed by atoms with E-state index in [9.17, 15) is 4.79 Å². The first kappa shape index (κ1) is 24.6. The minimum absolute atomic E-state index is 0.105. The molecule has 0 aliphatic rings. The average Bonchev–Trinajstić information content (AvgIpc) is 3.33. The molecule has 0 aliphatic carbocycles. The van der Waals surface area contributed by atoms with Crippen LogP contribution in [0.2, 0.25) is 10.0 Å². The highest BCUT2D eigenvalue weighted by atomic mass is 35.5. The molecule has 0 saturated carbocycles. The Kier molecular flexibility index (Phi) is 8.23. The first-order chi connectivity index (χ1) is 17.0. The molecular formula is C26H23Cl2N3O4.